The third-order valence-corrected chi connectivity index (χ3v) is 3.23. The molecule has 0 aromatic rings. The normalized spacial score (nSPS) is 47.7. The van der Waals surface area contributed by atoms with E-state index in [9.17, 15) is 0 Å². The van der Waals surface area contributed by atoms with Gasteiger partial charge in [-0.15, -0.1) is 0 Å². The van der Waals surface area contributed by atoms with E-state index in [1.165, 1.54) is 0 Å². The average Bonchev–Trinajstić information content (AvgIpc) is 1.06. The van der Waals surface area contributed by atoms with E-state index in [1.807, 2.05) is 0 Å². The molecule has 2 bridgehead atoms. The minimum absolute atomic E-state index is 0.617. The van der Waals surface area contributed by atoms with Crippen LogP contribution >= 0.6 is 0 Å². The molecule has 0 aliphatic heterocycles. The molecule has 3 fully saturated rings. The molecule has 0 spiro atoms. The van der Waals surface area contributed by atoms with Gasteiger partial charge in [-0.2, -0.15) is 0 Å². The smallest absolute Gasteiger partial charge is 0.0308 e. The third kappa shape index (κ3) is 0.595. The Labute approximate surface area is 57.6 Å². The Morgan fingerprint density at radius 3 is 1.44 bits per heavy atom. The van der Waals surface area contributed by atoms with Crippen LogP contribution in [0.4, 0.5) is 0 Å². The fraction of sp³-hybridized carbons (Fsp3) is 1.00. The molecule has 0 nitrogen and oxygen atoms in total. The van der Waals surface area contributed by atoms with Gasteiger partial charge >= 0.3 is 0 Å². The number of rotatable bonds is 0. The third-order valence-electron chi connectivity index (χ3n) is 3.23. The van der Waals surface area contributed by atoms with E-state index < -0.39 is 0 Å². The predicted molar refractivity (Wildman–Crippen MR) is 39.2 cm³/mol. The van der Waals surface area contributed by atoms with E-state index in [0.717, 1.165) is 17.8 Å². The van der Waals surface area contributed by atoms with Crippen molar-refractivity contribution >= 4 is 0 Å². The fourth-order valence-electron chi connectivity index (χ4n) is 2.70. The Bertz CT molecular complexity index is 115. The maximum Gasteiger partial charge on any atom is -0.0308 e. The van der Waals surface area contributed by atoms with Gasteiger partial charge in [-0.1, -0.05) is 20.8 Å². The van der Waals surface area contributed by atoms with Crippen LogP contribution in [0.15, 0.2) is 0 Å². The quantitative estimate of drug-likeness (QED) is 0.465. The second-order valence-corrected chi connectivity index (χ2v) is 4.88. The van der Waals surface area contributed by atoms with Crippen LogP contribution in [0.2, 0.25) is 0 Å². The van der Waals surface area contributed by atoms with Gasteiger partial charge in [-0.25, -0.2) is 0 Å². The van der Waals surface area contributed by atoms with Gasteiger partial charge in [0.15, 0.2) is 0 Å². The summed E-state index contributed by atoms with van der Waals surface area (Å²) in [7, 11) is 0. The summed E-state index contributed by atoms with van der Waals surface area (Å²) in [5.41, 5.74) is 0.617. The zero-order valence-corrected chi connectivity index (χ0v) is 6.65. The summed E-state index contributed by atoms with van der Waals surface area (Å²) in [4.78, 5) is 0. The van der Waals surface area contributed by atoms with Crippen molar-refractivity contribution < 1.29 is 0 Å². The van der Waals surface area contributed by atoms with Crippen LogP contribution in [-0.2, 0) is 0 Å². The summed E-state index contributed by atoms with van der Waals surface area (Å²) in [6, 6.07) is 0. The highest BCUT2D eigenvalue weighted by molar-refractivity contribution is 5.05. The highest BCUT2D eigenvalue weighted by atomic mass is 14.6. The van der Waals surface area contributed by atoms with Crippen molar-refractivity contribution in [2.24, 2.45) is 23.2 Å². The summed E-state index contributed by atoms with van der Waals surface area (Å²) in [5.74, 6) is 3.36. The van der Waals surface area contributed by atoms with Crippen molar-refractivity contribution in [1.29, 1.82) is 0 Å². The Hall–Kier alpha value is 0. The standard InChI is InChI=1S/C9H16/c1-9(2,3)8-6-4-7(8)5-6/h6-8H,4-5H2,1-3H3. The molecule has 0 aromatic heterocycles. The first-order valence-electron chi connectivity index (χ1n) is 4.09. The van der Waals surface area contributed by atoms with Crippen molar-refractivity contribution in [2.45, 2.75) is 33.6 Å². The molecule has 3 saturated carbocycles. The van der Waals surface area contributed by atoms with Gasteiger partial charge in [-0.05, 0) is 36.0 Å². The predicted octanol–water partition coefficient (Wildman–Crippen LogP) is 2.69. The number of hydrogen-bond acceptors (Lipinski definition) is 0. The molecule has 0 N–H and O–H groups in total. The van der Waals surface area contributed by atoms with E-state index in [1.54, 1.807) is 12.8 Å². The minimum atomic E-state index is 0.617. The highest BCUT2D eigenvalue weighted by Crippen LogP contribution is 2.64. The van der Waals surface area contributed by atoms with E-state index in [-0.39, 0.29) is 0 Å². The Balaban J connectivity index is 2.02. The number of hydrogen-bond donors (Lipinski definition) is 0. The molecule has 3 rings (SSSR count). The molecule has 0 radical (unpaired) electrons. The monoisotopic (exact) mass is 124 g/mol. The Morgan fingerprint density at radius 2 is 1.44 bits per heavy atom. The van der Waals surface area contributed by atoms with Gasteiger partial charge in [0.2, 0.25) is 0 Å². The molecule has 0 heterocycles. The molecule has 0 aromatic carbocycles. The molecule has 0 amide bonds. The second-order valence-electron chi connectivity index (χ2n) is 4.88. The van der Waals surface area contributed by atoms with Crippen molar-refractivity contribution in [2.75, 3.05) is 0 Å². The van der Waals surface area contributed by atoms with E-state index in [2.05, 4.69) is 20.8 Å². The minimum Gasteiger partial charge on any atom is -0.0599 e. The molecule has 3 aliphatic carbocycles. The molecule has 0 atom stereocenters. The van der Waals surface area contributed by atoms with Gasteiger partial charge in [0, 0.05) is 0 Å². The maximum absolute atomic E-state index is 2.38. The topological polar surface area (TPSA) is 0 Å². The first-order valence-corrected chi connectivity index (χ1v) is 4.09. The van der Waals surface area contributed by atoms with Gasteiger partial charge in [-0.3, -0.25) is 0 Å². The van der Waals surface area contributed by atoms with Crippen molar-refractivity contribution in [3.05, 3.63) is 0 Å². The highest BCUT2D eigenvalue weighted by Gasteiger charge is 2.56. The van der Waals surface area contributed by atoms with Gasteiger partial charge in [0.05, 0.1) is 0 Å². The first kappa shape index (κ1) is 5.76. The van der Waals surface area contributed by atoms with Crippen molar-refractivity contribution in [1.82, 2.24) is 0 Å². The molecule has 9 heavy (non-hydrogen) atoms. The molecule has 3 aliphatic rings. The molecule has 52 valence electrons. The second kappa shape index (κ2) is 1.36. The van der Waals surface area contributed by atoms with Crippen LogP contribution in [0.1, 0.15) is 33.6 Å². The molecular formula is C9H16. The molecule has 0 saturated heterocycles. The van der Waals surface area contributed by atoms with Gasteiger partial charge < -0.3 is 0 Å². The summed E-state index contributed by atoms with van der Waals surface area (Å²) in [6.07, 6.45) is 3.11. The average molecular weight is 124 g/mol. The lowest BCUT2D eigenvalue weighted by molar-refractivity contribution is -0.141. The summed E-state index contributed by atoms with van der Waals surface area (Å²) < 4.78 is 0. The lowest BCUT2D eigenvalue weighted by Gasteiger charge is -2.63. The van der Waals surface area contributed by atoms with E-state index in [0.29, 0.717) is 5.41 Å². The maximum atomic E-state index is 2.38. The zero-order valence-electron chi connectivity index (χ0n) is 6.65. The largest absolute Gasteiger partial charge is 0.0599 e. The SMILES string of the molecule is CC(C)(C)C1C2CC1C2. The van der Waals surface area contributed by atoms with Crippen molar-refractivity contribution in [3.63, 3.8) is 0 Å². The fourth-order valence-corrected chi connectivity index (χ4v) is 2.70. The van der Waals surface area contributed by atoms with Crippen LogP contribution in [0, 0.1) is 23.2 Å². The lowest BCUT2D eigenvalue weighted by atomic mass is 9.42. The first-order chi connectivity index (χ1) is 4.09. The van der Waals surface area contributed by atoms with Crippen LogP contribution in [0.3, 0.4) is 0 Å². The Kier molecular flexibility index (Phi) is 0.868. The summed E-state index contributed by atoms with van der Waals surface area (Å²) >= 11 is 0. The van der Waals surface area contributed by atoms with Gasteiger partial charge in [0.25, 0.3) is 0 Å². The van der Waals surface area contributed by atoms with Crippen LogP contribution < -0.4 is 0 Å². The van der Waals surface area contributed by atoms with E-state index in [4.69, 9.17) is 0 Å². The van der Waals surface area contributed by atoms with Crippen molar-refractivity contribution in [3.8, 4) is 0 Å². The molecule has 0 unspecified atom stereocenters. The lowest BCUT2D eigenvalue weighted by Crippen LogP contribution is -2.55. The van der Waals surface area contributed by atoms with Crippen LogP contribution in [0.5, 0.6) is 0 Å². The van der Waals surface area contributed by atoms with E-state index >= 15 is 0 Å². The van der Waals surface area contributed by atoms with Crippen LogP contribution in [-0.4, -0.2) is 0 Å². The van der Waals surface area contributed by atoms with Crippen LogP contribution in [0.25, 0.3) is 0 Å². The molecular weight excluding hydrogens is 108 g/mol. The zero-order chi connectivity index (χ0) is 6.65. The van der Waals surface area contributed by atoms with Gasteiger partial charge in [0.1, 0.15) is 0 Å². The molecule has 0 heteroatoms. The summed E-state index contributed by atoms with van der Waals surface area (Å²) in [6.45, 7) is 7.15. The Morgan fingerprint density at radius 1 is 1.00 bits per heavy atom. The summed E-state index contributed by atoms with van der Waals surface area (Å²) in [5, 5.41) is 0.